The third-order valence-electron chi connectivity index (χ3n) is 4.21. The van der Waals surface area contributed by atoms with Crippen molar-refractivity contribution in [3.63, 3.8) is 0 Å². The van der Waals surface area contributed by atoms with Gasteiger partial charge in [-0.25, -0.2) is 10.8 Å². The van der Waals surface area contributed by atoms with Gasteiger partial charge in [-0.15, -0.1) is 11.3 Å². The maximum atomic E-state index is 12.7. The van der Waals surface area contributed by atoms with E-state index in [0.717, 1.165) is 22.7 Å². The fourth-order valence-electron chi connectivity index (χ4n) is 2.70. The van der Waals surface area contributed by atoms with E-state index in [4.69, 9.17) is 10.6 Å². The number of hydrazine groups is 1. The summed E-state index contributed by atoms with van der Waals surface area (Å²) in [5.41, 5.74) is 3.14. The van der Waals surface area contributed by atoms with Crippen LogP contribution in [0.25, 0.3) is 10.6 Å². The number of rotatable bonds is 6. The Morgan fingerprint density at radius 2 is 1.86 bits per heavy atom. The fraction of sp³-hybridized carbons (Fsp3) is 0.200. The van der Waals surface area contributed by atoms with Crippen LogP contribution in [0.4, 0.5) is 13.2 Å². The van der Waals surface area contributed by atoms with Crippen LogP contribution in [0, 0.1) is 6.92 Å². The molecule has 0 bridgehead atoms. The molecule has 0 spiro atoms. The van der Waals surface area contributed by atoms with E-state index in [1.165, 1.54) is 23.5 Å². The Morgan fingerprint density at radius 3 is 2.52 bits per heavy atom. The molecule has 0 fully saturated rings. The number of amides is 1. The number of nitrogens with two attached hydrogens (primary N) is 1. The van der Waals surface area contributed by atoms with E-state index >= 15 is 0 Å². The topological polar surface area (TPSA) is 77.2 Å². The van der Waals surface area contributed by atoms with Gasteiger partial charge in [0, 0.05) is 16.9 Å². The highest BCUT2D eigenvalue weighted by molar-refractivity contribution is 7.15. The van der Waals surface area contributed by atoms with Gasteiger partial charge in [-0.1, -0.05) is 24.3 Å². The van der Waals surface area contributed by atoms with Crippen LogP contribution in [0.15, 0.2) is 48.5 Å². The molecule has 0 radical (unpaired) electrons. The molecule has 0 saturated carbocycles. The second-order valence-electron chi connectivity index (χ2n) is 6.17. The van der Waals surface area contributed by atoms with Gasteiger partial charge in [-0.2, -0.15) is 13.2 Å². The average molecular weight is 421 g/mol. The van der Waals surface area contributed by atoms with Gasteiger partial charge in [0.2, 0.25) is 0 Å². The van der Waals surface area contributed by atoms with Crippen molar-refractivity contribution in [2.24, 2.45) is 5.84 Å². The third kappa shape index (κ3) is 4.93. The SMILES string of the molecule is Cc1sc(-c2ccc(C(F)(F)F)cc2)nc1CCOc1ccccc1C(=O)NN. The molecule has 5 nitrogen and oxygen atoms in total. The number of aromatic nitrogens is 1. The standard InChI is InChI=1S/C20H18F3N3O2S/c1-12-16(10-11-28-17-5-3-2-4-15(17)18(27)26-24)25-19(29-12)13-6-8-14(9-7-13)20(21,22)23/h2-9H,10-11,24H2,1H3,(H,26,27). The van der Waals surface area contributed by atoms with Crippen LogP contribution in [-0.4, -0.2) is 17.5 Å². The number of para-hydroxylation sites is 1. The number of nitrogen functional groups attached to an aromatic ring is 1. The van der Waals surface area contributed by atoms with Gasteiger partial charge in [0.1, 0.15) is 10.8 Å². The molecule has 0 aliphatic rings. The van der Waals surface area contributed by atoms with E-state index in [9.17, 15) is 18.0 Å². The predicted octanol–water partition coefficient (Wildman–Crippen LogP) is 4.36. The zero-order valence-corrected chi connectivity index (χ0v) is 16.2. The summed E-state index contributed by atoms with van der Waals surface area (Å²) >= 11 is 1.41. The maximum absolute atomic E-state index is 12.7. The third-order valence-corrected chi connectivity index (χ3v) is 5.27. The Labute approximate surface area is 169 Å². The summed E-state index contributed by atoms with van der Waals surface area (Å²) in [7, 11) is 0. The van der Waals surface area contributed by atoms with Crippen molar-refractivity contribution in [1.82, 2.24) is 10.4 Å². The first-order chi connectivity index (χ1) is 13.8. The zero-order valence-electron chi connectivity index (χ0n) is 15.4. The van der Waals surface area contributed by atoms with Crippen LogP contribution in [-0.2, 0) is 12.6 Å². The van der Waals surface area contributed by atoms with Gasteiger partial charge < -0.3 is 4.74 Å². The predicted molar refractivity (Wildman–Crippen MR) is 105 cm³/mol. The molecule has 2 aromatic carbocycles. The van der Waals surface area contributed by atoms with Gasteiger partial charge in [0.15, 0.2) is 0 Å². The van der Waals surface area contributed by atoms with Gasteiger partial charge in [0.25, 0.3) is 5.91 Å². The maximum Gasteiger partial charge on any atom is 0.416 e. The molecule has 29 heavy (non-hydrogen) atoms. The molecule has 0 aliphatic carbocycles. The molecule has 0 saturated heterocycles. The van der Waals surface area contributed by atoms with Crippen molar-refractivity contribution in [2.75, 3.05) is 6.61 Å². The van der Waals surface area contributed by atoms with Crippen LogP contribution in [0.2, 0.25) is 0 Å². The normalized spacial score (nSPS) is 11.3. The molecule has 1 aromatic heterocycles. The summed E-state index contributed by atoms with van der Waals surface area (Å²) in [6, 6.07) is 11.7. The van der Waals surface area contributed by atoms with E-state index in [1.54, 1.807) is 24.3 Å². The van der Waals surface area contributed by atoms with Gasteiger partial charge in [-0.05, 0) is 31.2 Å². The lowest BCUT2D eigenvalue weighted by Gasteiger charge is -2.10. The quantitative estimate of drug-likeness (QED) is 0.352. The molecule has 3 rings (SSSR count). The second-order valence-corrected chi connectivity index (χ2v) is 7.37. The average Bonchev–Trinajstić information content (AvgIpc) is 3.08. The van der Waals surface area contributed by atoms with Crippen molar-refractivity contribution in [2.45, 2.75) is 19.5 Å². The Hall–Kier alpha value is -2.91. The van der Waals surface area contributed by atoms with E-state index in [-0.39, 0.29) is 6.61 Å². The van der Waals surface area contributed by atoms with Crippen molar-refractivity contribution >= 4 is 17.2 Å². The molecule has 0 unspecified atom stereocenters. The monoisotopic (exact) mass is 421 g/mol. The fourth-order valence-corrected chi connectivity index (χ4v) is 3.67. The highest BCUT2D eigenvalue weighted by Gasteiger charge is 2.30. The molecule has 1 amide bonds. The Balaban J connectivity index is 1.68. The highest BCUT2D eigenvalue weighted by atomic mass is 32.1. The molecular formula is C20H18F3N3O2S. The van der Waals surface area contributed by atoms with Gasteiger partial charge in [0.05, 0.1) is 23.4 Å². The van der Waals surface area contributed by atoms with E-state index in [0.29, 0.717) is 28.3 Å². The number of carbonyl (C=O) groups is 1. The first-order valence-corrected chi connectivity index (χ1v) is 9.48. The molecule has 0 aliphatic heterocycles. The van der Waals surface area contributed by atoms with Crippen molar-refractivity contribution in [3.05, 3.63) is 70.2 Å². The number of benzene rings is 2. The van der Waals surface area contributed by atoms with Gasteiger partial charge >= 0.3 is 6.18 Å². The Bertz CT molecular complexity index is 1000. The molecular weight excluding hydrogens is 403 g/mol. The van der Waals surface area contributed by atoms with Crippen molar-refractivity contribution < 1.29 is 22.7 Å². The van der Waals surface area contributed by atoms with Crippen LogP contribution < -0.4 is 16.0 Å². The van der Waals surface area contributed by atoms with Crippen LogP contribution in [0.3, 0.4) is 0 Å². The summed E-state index contributed by atoms with van der Waals surface area (Å²) in [5, 5.41) is 0.647. The first-order valence-electron chi connectivity index (χ1n) is 8.66. The zero-order chi connectivity index (χ0) is 21.0. The van der Waals surface area contributed by atoms with Crippen LogP contribution in [0.1, 0.15) is 26.5 Å². The second kappa shape index (κ2) is 8.62. The number of hydrogen-bond acceptors (Lipinski definition) is 5. The number of nitrogens with zero attached hydrogens (tertiary/aromatic N) is 1. The van der Waals surface area contributed by atoms with E-state index in [1.807, 2.05) is 6.92 Å². The van der Waals surface area contributed by atoms with Crippen LogP contribution in [0.5, 0.6) is 5.75 Å². The largest absolute Gasteiger partial charge is 0.492 e. The van der Waals surface area contributed by atoms with Crippen molar-refractivity contribution in [3.8, 4) is 16.3 Å². The summed E-state index contributed by atoms with van der Waals surface area (Å²) in [6.07, 6.45) is -3.88. The lowest BCUT2D eigenvalue weighted by molar-refractivity contribution is -0.137. The summed E-state index contributed by atoms with van der Waals surface area (Å²) in [4.78, 5) is 17.3. The minimum absolute atomic E-state index is 0.284. The van der Waals surface area contributed by atoms with Gasteiger partial charge in [-0.3, -0.25) is 10.2 Å². The number of hydrogen-bond donors (Lipinski definition) is 2. The molecule has 3 aromatic rings. The number of thiazole rings is 1. The summed E-state index contributed by atoms with van der Waals surface area (Å²) < 4.78 is 43.8. The first kappa shape index (κ1) is 20.8. The molecule has 3 N–H and O–H groups in total. The number of aryl methyl sites for hydroxylation is 1. The number of alkyl halides is 3. The van der Waals surface area contributed by atoms with E-state index < -0.39 is 17.6 Å². The number of halogens is 3. The number of carbonyl (C=O) groups excluding carboxylic acids is 1. The number of nitrogens with one attached hydrogen (secondary N) is 1. The van der Waals surface area contributed by atoms with Crippen LogP contribution >= 0.6 is 11.3 Å². The molecule has 9 heteroatoms. The minimum Gasteiger partial charge on any atom is -0.492 e. The number of ether oxygens (including phenoxy) is 1. The van der Waals surface area contributed by atoms with Crippen molar-refractivity contribution in [1.29, 1.82) is 0 Å². The summed E-state index contributed by atoms with van der Waals surface area (Å²) in [5.74, 6) is 5.14. The molecule has 0 atom stereocenters. The lowest BCUT2D eigenvalue weighted by Crippen LogP contribution is -2.30. The summed E-state index contributed by atoms with van der Waals surface area (Å²) in [6.45, 7) is 2.18. The minimum atomic E-state index is -4.36. The highest BCUT2D eigenvalue weighted by Crippen LogP contribution is 2.33. The molecule has 1 heterocycles. The smallest absolute Gasteiger partial charge is 0.416 e. The molecule has 152 valence electrons. The lowest BCUT2D eigenvalue weighted by atomic mass is 10.1. The van der Waals surface area contributed by atoms with E-state index in [2.05, 4.69) is 10.4 Å². The Kier molecular flexibility index (Phi) is 6.19. The Morgan fingerprint density at radius 1 is 1.17 bits per heavy atom.